The summed E-state index contributed by atoms with van der Waals surface area (Å²) in [6.07, 6.45) is 2.46. The highest BCUT2D eigenvalue weighted by molar-refractivity contribution is 9.10. The van der Waals surface area contributed by atoms with Crippen LogP contribution in [0, 0.1) is 5.92 Å². The Morgan fingerprint density at radius 3 is 2.90 bits per heavy atom. The van der Waals surface area contributed by atoms with E-state index in [1.165, 1.54) is 25.5 Å². The normalized spacial score (nSPS) is 19.5. The molecule has 1 fully saturated rings. The van der Waals surface area contributed by atoms with Gasteiger partial charge in [-0.05, 0) is 43.0 Å². The van der Waals surface area contributed by atoms with E-state index in [9.17, 15) is 4.79 Å². The summed E-state index contributed by atoms with van der Waals surface area (Å²) in [5.41, 5.74) is 1.77. The molecule has 0 spiro atoms. The SMILES string of the molecule is COCC1CCCN(Cc2ccc(C(=O)OC)cc2Br)C1. The number of carbonyl (C=O) groups excluding carboxylic acids is 1. The molecular formula is C16H22BrNO3. The quantitative estimate of drug-likeness (QED) is 0.760. The Hall–Kier alpha value is -0.910. The van der Waals surface area contributed by atoms with Crippen molar-refractivity contribution in [1.82, 2.24) is 4.90 Å². The van der Waals surface area contributed by atoms with Crippen LogP contribution in [0.1, 0.15) is 28.8 Å². The van der Waals surface area contributed by atoms with Crippen LogP contribution in [0.2, 0.25) is 0 Å². The Kier molecular flexibility index (Phi) is 6.21. The van der Waals surface area contributed by atoms with Crippen molar-refractivity contribution in [2.24, 2.45) is 5.92 Å². The van der Waals surface area contributed by atoms with E-state index in [2.05, 4.69) is 20.8 Å². The Balaban J connectivity index is 2.00. The summed E-state index contributed by atoms with van der Waals surface area (Å²) in [6.45, 7) is 3.91. The van der Waals surface area contributed by atoms with E-state index < -0.39 is 0 Å². The molecule has 1 aliphatic heterocycles. The molecule has 1 heterocycles. The second kappa shape index (κ2) is 7.92. The molecule has 116 valence electrons. The highest BCUT2D eigenvalue weighted by Gasteiger charge is 2.20. The summed E-state index contributed by atoms with van der Waals surface area (Å²) in [5, 5.41) is 0. The molecule has 5 heteroatoms. The van der Waals surface area contributed by atoms with Crippen molar-refractivity contribution in [1.29, 1.82) is 0 Å². The van der Waals surface area contributed by atoms with Gasteiger partial charge in [0.25, 0.3) is 0 Å². The zero-order chi connectivity index (χ0) is 15.2. The number of carbonyl (C=O) groups is 1. The molecule has 2 rings (SSSR count). The number of hydrogen-bond acceptors (Lipinski definition) is 4. The van der Waals surface area contributed by atoms with Crippen LogP contribution < -0.4 is 0 Å². The number of esters is 1. The molecule has 0 saturated carbocycles. The fraction of sp³-hybridized carbons (Fsp3) is 0.562. The maximum atomic E-state index is 11.5. The molecule has 0 amide bonds. The molecule has 1 aromatic rings. The molecule has 0 bridgehead atoms. The number of benzene rings is 1. The molecule has 1 saturated heterocycles. The molecular weight excluding hydrogens is 334 g/mol. The summed E-state index contributed by atoms with van der Waals surface area (Å²) in [6, 6.07) is 5.65. The molecule has 0 N–H and O–H groups in total. The van der Waals surface area contributed by atoms with Gasteiger partial charge in [-0.15, -0.1) is 0 Å². The van der Waals surface area contributed by atoms with E-state index in [0.29, 0.717) is 11.5 Å². The molecule has 21 heavy (non-hydrogen) atoms. The van der Waals surface area contributed by atoms with Gasteiger partial charge in [-0.1, -0.05) is 22.0 Å². The van der Waals surface area contributed by atoms with E-state index >= 15 is 0 Å². The molecule has 1 unspecified atom stereocenters. The van der Waals surface area contributed by atoms with E-state index in [4.69, 9.17) is 9.47 Å². The number of rotatable bonds is 5. The van der Waals surface area contributed by atoms with Crippen LogP contribution >= 0.6 is 15.9 Å². The first-order valence-corrected chi connectivity index (χ1v) is 8.01. The fourth-order valence-electron chi connectivity index (χ4n) is 2.83. The van der Waals surface area contributed by atoms with Crippen molar-refractivity contribution in [2.75, 3.05) is 33.9 Å². The number of nitrogens with zero attached hydrogens (tertiary/aromatic N) is 1. The Labute approximate surface area is 134 Å². The average molecular weight is 356 g/mol. The maximum Gasteiger partial charge on any atom is 0.337 e. The highest BCUT2D eigenvalue weighted by Crippen LogP contribution is 2.24. The third-order valence-electron chi connectivity index (χ3n) is 3.87. The van der Waals surface area contributed by atoms with Crippen LogP contribution in [0.4, 0.5) is 0 Å². The van der Waals surface area contributed by atoms with Crippen LogP contribution in [0.3, 0.4) is 0 Å². The average Bonchev–Trinajstić information content (AvgIpc) is 2.49. The van der Waals surface area contributed by atoms with E-state index in [-0.39, 0.29) is 5.97 Å². The topological polar surface area (TPSA) is 38.8 Å². The van der Waals surface area contributed by atoms with Gasteiger partial charge in [0.15, 0.2) is 0 Å². The summed E-state index contributed by atoms with van der Waals surface area (Å²) < 4.78 is 11.0. The standard InChI is InChI=1S/C16H22BrNO3/c1-20-11-12-4-3-7-18(9-12)10-14-6-5-13(8-15(14)17)16(19)21-2/h5-6,8,12H,3-4,7,9-11H2,1-2H3. The van der Waals surface area contributed by atoms with Crippen molar-refractivity contribution in [3.05, 3.63) is 33.8 Å². The van der Waals surface area contributed by atoms with Gasteiger partial charge in [0.05, 0.1) is 19.3 Å². The van der Waals surface area contributed by atoms with Gasteiger partial charge in [-0.3, -0.25) is 4.90 Å². The van der Waals surface area contributed by atoms with Crippen LogP contribution in [0.5, 0.6) is 0 Å². The van der Waals surface area contributed by atoms with Crippen LogP contribution in [-0.2, 0) is 16.0 Å². The van der Waals surface area contributed by atoms with Gasteiger partial charge < -0.3 is 9.47 Å². The summed E-state index contributed by atoms with van der Waals surface area (Å²) in [7, 11) is 3.16. The van der Waals surface area contributed by atoms with Crippen molar-refractivity contribution in [3.8, 4) is 0 Å². The third kappa shape index (κ3) is 4.53. The highest BCUT2D eigenvalue weighted by atomic mass is 79.9. The lowest BCUT2D eigenvalue weighted by Gasteiger charge is -2.32. The summed E-state index contributed by atoms with van der Waals surface area (Å²) in [5.74, 6) is 0.317. The lowest BCUT2D eigenvalue weighted by atomic mass is 9.98. The first-order chi connectivity index (χ1) is 10.1. The van der Waals surface area contributed by atoms with Crippen molar-refractivity contribution in [2.45, 2.75) is 19.4 Å². The largest absolute Gasteiger partial charge is 0.465 e. The number of halogens is 1. The molecule has 4 nitrogen and oxygen atoms in total. The summed E-state index contributed by atoms with van der Waals surface area (Å²) >= 11 is 3.56. The van der Waals surface area contributed by atoms with Crippen molar-refractivity contribution >= 4 is 21.9 Å². The van der Waals surface area contributed by atoms with Crippen LogP contribution in [0.25, 0.3) is 0 Å². The van der Waals surface area contributed by atoms with Gasteiger partial charge in [-0.2, -0.15) is 0 Å². The minimum absolute atomic E-state index is 0.305. The van der Waals surface area contributed by atoms with Crippen LogP contribution in [-0.4, -0.2) is 44.8 Å². The van der Waals surface area contributed by atoms with Gasteiger partial charge in [0.2, 0.25) is 0 Å². The van der Waals surface area contributed by atoms with Gasteiger partial charge >= 0.3 is 5.97 Å². The molecule has 0 radical (unpaired) electrons. The maximum absolute atomic E-state index is 11.5. The zero-order valence-corrected chi connectivity index (χ0v) is 14.2. The second-order valence-electron chi connectivity index (χ2n) is 5.50. The number of methoxy groups -OCH3 is 2. The van der Waals surface area contributed by atoms with Crippen molar-refractivity contribution in [3.63, 3.8) is 0 Å². The van der Waals surface area contributed by atoms with Crippen molar-refractivity contribution < 1.29 is 14.3 Å². The smallest absolute Gasteiger partial charge is 0.337 e. The number of ether oxygens (including phenoxy) is 2. The first-order valence-electron chi connectivity index (χ1n) is 7.22. The molecule has 0 aromatic heterocycles. The Morgan fingerprint density at radius 2 is 2.24 bits per heavy atom. The summed E-state index contributed by atoms with van der Waals surface area (Å²) in [4.78, 5) is 14.0. The predicted octanol–water partition coefficient (Wildman–Crippen LogP) is 3.09. The Morgan fingerprint density at radius 1 is 1.43 bits per heavy atom. The lowest BCUT2D eigenvalue weighted by Crippen LogP contribution is -2.36. The lowest BCUT2D eigenvalue weighted by molar-refractivity contribution is 0.0600. The fourth-order valence-corrected chi connectivity index (χ4v) is 3.33. The molecule has 0 aliphatic carbocycles. The van der Waals surface area contributed by atoms with E-state index in [1.54, 1.807) is 7.11 Å². The number of likely N-dealkylation sites (tertiary alicyclic amines) is 1. The predicted molar refractivity (Wildman–Crippen MR) is 85.4 cm³/mol. The molecule has 1 atom stereocenters. The molecule has 1 aliphatic rings. The minimum Gasteiger partial charge on any atom is -0.465 e. The van der Waals surface area contributed by atoms with Gasteiger partial charge in [0, 0.05) is 24.7 Å². The molecule has 1 aromatic carbocycles. The van der Waals surface area contributed by atoms with Gasteiger partial charge in [-0.25, -0.2) is 4.79 Å². The van der Waals surface area contributed by atoms with E-state index in [1.807, 2.05) is 18.2 Å². The minimum atomic E-state index is -0.305. The Bertz CT molecular complexity index is 490. The third-order valence-corrected chi connectivity index (χ3v) is 4.61. The van der Waals surface area contributed by atoms with Crippen LogP contribution in [0.15, 0.2) is 22.7 Å². The van der Waals surface area contributed by atoms with E-state index in [0.717, 1.165) is 30.7 Å². The number of hydrogen-bond donors (Lipinski definition) is 0. The first kappa shape index (κ1) is 16.5. The zero-order valence-electron chi connectivity index (χ0n) is 12.6. The van der Waals surface area contributed by atoms with Gasteiger partial charge in [0.1, 0.15) is 0 Å². The number of piperidine rings is 1. The second-order valence-corrected chi connectivity index (χ2v) is 6.35. The monoisotopic (exact) mass is 355 g/mol.